The highest BCUT2D eigenvalue weighted by atomic mass is 16.4. The molecule has 2 rings (SSSR count). The number of hydrogen-bond donors (Lipinski definition) is 3. The third-order valence-electron chi connectivity index (χ3n) is 3.70. The van der Waals surface area contributed by atoms with Gasteiger partial charge in [-0.05, 0) is 31.5 Å². The second-order valence-electron chi connectivity index (χ2n) is 5.45. The largest absolute Gasteiger partial charge is 0.479 e. The zero-order chi connectivity index (χ0) is 15.2. The zero-order valence-electron chi connectivity index (χ0n) is 12.1. The normalized spacial score (nSPS) is 20.0. The third kappa shape index (κ3) is 4.46. The maximum atomic E-state index is 11.9. The van der Waals surface area contributed by atoms with E-state index in [4.69, 9.17) is 0 Å². The van der Waals surface area contributed by atoms with Gasteiger partial charge in [0.25, 0.3) is 0 Å². The van der Waals surface area contributed by atoms with Gasteiger partial charge in [0.1, 0.15) is 0 Å². The molecule has 1 saturated heterocycles. The van der Waals surface area contributed by atoms with Gasteiger partial charge in [0.2, 0.25) is 0 Å². The molecule has 0 aromatic heterocycles. The summed E-state index contributed by atoms with van der Waals surface area (Å²) in [5, 5.41) is 14.5. The van der Waals surface area contributed by atoms with E-state index in [0.717, 1.165) is 19.5 Å². The van der Waals surface area contributed by atoms with E-state index in [2.05, 4.69) is 22.6 Å². The fraction of sp³-hybridized carbons (Fsp3) is 0.467. The van der Waals surface area contributed by atoms with Crippen molar-refractivity contribution >= 4 is 12.0 Å². The summed E-state index contributed by atoms with van der Waals surface area (Å²) >= 11 is 0. The van der Waals surface area contributed by atoms with E-state index < -0.39 is 18.0 Å². The molecule has 1 aliphatic rings. The molecule has 21 heavy (non-hydrogen) atoms. The molecule has 0 radical (unpaired) electrons. The second kappa shape index (κ2) is 7.08. The number of hydrogen-bond acceptors (Lipinski definition) is 3. The fourth-order valence-corrected chi connectivity index (χ4v) is 2.55. The molecule has 0 bridgehead atoms. The number of rotatable bonds is 5. The monoisotopic (exact) mass is 291 g/mol. The quantitative estimate of drug-likeness (QED) is 0.758. The van der Waals surface area contributed by atoms with Crippen LogP contribution in [0.4, 0.5) is 4.79 Å². The van der Waals surface area contributed by atoms with Crippen molar-refractivity contribution in [2.45, 2.75) is 12.5 Å². The molecule has 114 valence electrons. The molecule has 1 fully saturated rings. The van der Waals surface area contributed by atoms with Crippen molar-refractivity contribution in [3.05, 3.63) is 35.9 Å². The van der Waals surface area contributed by atoms with Crippen LogP contribution in [0.25, 0.3) is 0 Å². The van der Waals surface area contributed by atoms with Gasteiger partial charge in [0.05, 0.1) is 0 Å². The van der Waals surface area contributed by atoms with Gasteiger partial charge in [-0.1, -0.05) is 30.3 Å². The number of carboxylic acid groups (broad SMARTS) is 1. The molecule has 1 aliphatic heterocycles. The summed E-state index contributed by atoms with van der Waals surface area (Å²) in [6.45, 7) is 2.56. The molecule has 2 atom stereocenters. The maximum absolute atomic E-state index is 11.9. The minimum atomic E-state index is -1.07. The highest BCUT2D eigenvalue weighted by Crippen LogP contribution is 2.14. The van der Waals surface area contributed by atoms with Crippen molar-refractivity contribution in [3.8, 4) is 0 Å². The summed E-state index contributed by atoms with van der Waals surface area (Å²) in [4.78, 5) is 25.4. The van der Waals surface area contributed by atoms with E-state index in [1.54, 1.807) is 30.3 Å². The standard InChI is InChI=1S/C15H21N3O3/c1-18-8-7-11(10-18)9-16-15(21)17-13(14(19)20)12-5-3-2-4-6-12/h2-6,11,13H,7-10H2,1H3,(H,19,20)(H2,16,17,21)/t11?,13-/m1/s1. The lowest BCUT2D eigenvalue weighted by atomic mass is 10.1. The Morgan fingerprint density at radius 2 is 2.10 bits per heavy atom. The number of likely N-dealkylation sites (tertiary alicyclic amines) is 1. The van der Waals surface area contributed by atoms with Gasteiger partial charge in [-0.25, -0.2) is 9.59 Å². The average Bonchev–Trinajstić information content (AvgIpc) is 2.89. The summed E-state index contributed by atoms with van der Waals surface area (Å²) in [5.74, 6) is -0.641. The predicted octanol–water partition coefficient (Wildman–Crippen LogP) is 1.06. The smallest absolute Gasteiger partial charge is 0.330 e. The molecule has 1 aromatic rings. The van der Waals surface area contributed by atoms with E-state index in [9.17, 15) is 14.7 Å². The van der Waals surface area contributed by atoms with Crippen LogP contribution in [0.15, 0.2) is 30.3 Å². The lowest BCUT2D eigenvalue weighted by molar-refractivity contribution is -0.139. The Labute approximate surface area is 124 Å². The van der Waals surface area contributed by atoms with Gasteiger partial charge in [0.15, 0.2) is 6.04 Å². The number of urea groups is 1. The summed E-state index contributed by atoms with van der Waals surface area (Å²) in [6.07, 6.45) is 1.05. The van der Waals surface area contributed by atoms with Gasteiger partial charge in [-0.2, -0.15) is 0 Å². The number of carbonyl (C=O) groups is 2. The van der Waals surface area contributed by atoms with Crippen LogP contribution >= 0.6 is 0 Å². The minimum absolute atomic E-state index is 0.431. The van der Waals surface area contributed by atoms with Crippen molar-refractivity contribution in [1.29, 1.82) is 0 Å². The molecule has 0 aliphatic carbocycles. The highest BCUT2D eigenvalue weighted by molar-refractivity contribution is 5.83. The molecule has 3 N–H and O–H groups in total. The summed E-state index contributed by atoms with van der Waals surface area (Å²) in [5.41, 5.74) is 0.556. The average molecular weight is 291 g/mol. The molecule has 6 nitrogen and oxygen atoms in total. The first-order valence-electron chi connectivity index (χ1n) is 7.07. The van der Waals surface area contributed by atoms with Crippen LogP contribution < -0.4 is 10.6 Å². The third-order valence-corrected chi connectivity index (χ3v) is 3.70. The van der Waals surface area contributed by atoms with Crippen LogP contribution in [0.1, 0.15) is 18.0 Å². The first kappa shape index (κ1) is 15.3. The predicted molar refractivity (Wildman–Crippen MR) is 79.0 cm³/mol. The van der Waals surface area contributed by atoms with E-state index in [-0.39, 0.29) is 0 Å². The van der Waals surface area contributed by atoms with E-state index in [1.807, 2.05) is 0 Å². The molecule has 2 amide bonds. The maximum Gasteiger partial charge on any atom is 0.330 e. The van der Waals surface area contributed by atoms with Gasteiger partial charge < -0.3 is 20.6 Å². The Kier molecular flexibility index (Phi) is 5.16. The summed E-state index contributed by atoms with van der Waals surface area (Å²) < 4.78 is 0. The Balaban J connectivity index is 1.86. The fourth-order valence-electron chi connectivity index (χ4n) is 2.55. The number of benzene rings is 1. The molecule has 1 aromatic carbocycles. The Morgan fingerprint density at radius 1 is 1.38 bits per heavy atom. The van der Waals surface area contributed by atoms with Crippen LogP contribution in [-0.2, 0) is 4.79 Å². The number of nitrogens with one attached hydrogen (secondary N) is 2. The van der Waals surface area contributed by atoms with Crippen molar-refractivity contribution < 1.29 is 14.7 Å². The summed E-state index contributed by atoms with van der Waals surface area (Å²) in [6, 6.07) is 7.20. The molecule has 0 saturated carbocycles. The lowest BCUT2D eigenvalue weighted by Crippen LogP contribution is -2.42. The summed E-state index contributed by atoms with van der Waals surface area (Å²) in [7, 11) is 2.05. The van der Waals surface area contributed by atoms with E-state index in [0.29, 0.717) is 18.0 Å². The number of carbonyl (C=O) groups excluding carboxylic acids is 1. The molecular formula is C15H21N3O3. The van der Waals surface area contributed by atoms with Gasteiger partial charge in [-0.3, -0.25) is 0 Å². The molecule has 0 spiro atoms. The van der Waals surface area contributed by atoms with E-state index >= 15 is 0 Å². The van der Waals surface area contributed by atoms with Crippen molar-refractivity contribution in [2.75, 3.05) is 26.7 Å². The van der Waals surface area contributed by atoms with Crippen molar-refractivity contribution in [2.24, 2.45) is 5.92 Å². The first-order chi connectivity index (χ1) is 10.1. The molecule has 6 heteroatoms. The lowest BCUT2D eigenvalue weighted by Gasteiger charge is -2.17. The van der Waals surface area contributed by atoms with E-state index in [1.165, 1.54) is 0 Å². The second-order valence-corrected chi connectivity index (χ2v) is 5.45. The van der Waals surface area contributed by atoms with Crippen LogP contribution in [-0.4, -0.2) is 48.7 Å². The highest BCUT2D eigenvalue weighted by Gasteiger charge is 2.23. The Morgan fingerprint density at radius 3 is 2.67 bits per heavy atom. The number of nitrogens with zero attached hydrogens (tertiary/aromatic N) is 1. The van der Waals surface area contributed by atoms with Crippen molar-refractivity contribution in [3.63, 3.8) is 0 Å². The number of aliphatic carboxylic acids is 1. The van der Waals surface area contributed by atoms with Crippen LogP contribution in [0.5, 0.6) is 0 Å². The van der Waals surface area contributed by atoms with Gasteiger partial charge in [-0.15, -0.1) is 0 Å². The molecule has 1 heterocycles. The number of amides is 2. The Hall–Kier alpha value is -2.08. The SMILES string of the molecule is CN1CCC(CNC(=O)N[C@@H](C(=O)O)c2ccccc2)C1. The van der Waals surface area contributed by atoms with Gasteiger partial charge >= 0.3 is 12.0 Å². The zero-order valence-corrected chi connectivity index (χ0v) is 12.1. The van der Waals surface area contributed by atoms with Gasteiger partial charge in [0, 0.05) is 13.1 Å². The van der Waals surface area contributed by atoms with Crippen LogP contribution in [0, 0.1) is 5.92 Å². The minimum Gasteiger partial charge on any atom is -0.479 e. The van der Waals surface area contributed by atoms with Crippen molar-refractivity contribution in [1.82, 2.24) is 15.5 Å². The van der Waals surface area contributed by atoms with Crippen LogP contribution in [0.2, 0.25) is 0 Å². The topological polar surface area (TPSA) is 81.7 Å². The first-order valence-corrected chi connectivity index (χ1v) is 7.07. The Bertz CT molecular complexity index is 492. The van der Waals surface area contributed by atoms with Crippen LogP contribution in [0.3, 0.4) is 0 Å². The number of carboxylic acids is 1. The molecular weight excluding hydrogens is 270 g/mol. The molecule has 1 unspecified atom stereocenters.